The molecule has 5 nitrogen and oxygen atoms in total. The Hall–Kier alpha value is -1.62. The lowest BCUT2D eigenvalue weighted by Crippen LogP contribution is -2.36. The van der Waals surface area contributed by atoms with E-state index in [2.05, 4.69) is 29.0 Å². The number of amides is 1. The molecule has 0 spiro atoms. The Morgan fingerprint density at radius 3 is 2.52 bits per heavy atom. The normalized spacial score (nSPS) is 12.0. The molecule has 0 saturated heterocycles. The van der Waals surface area contributed by atoms with Gasteiger partial charge in [0.25, 0.3) is 5.91 Å². The number of rotatable bonds is 5. The molecule has 0 fully saturated rings. The lowest BCUT2D eigenvalue weighted by atomic mass is 9.90. The first-order chi connectivity index (χ1) is 9.61. The number of anilines is 1. The molecular weight excluding hydrogens is 264 g/mol. The van der Waals surface area contributed by atoms with E-state index in [0.29, 0.717) is 24.0 Å². The van der Waals surface area contributed by atoms with Gasteiger partial charge < -0.3 is 16.0 Å². The minimum Gasteiger partial charge on any atom is -0.384 e. The molecule has 0 radical (unpaired) electrons. The third-order valence-corrected chi connectivity index (χ3v) is 3.51. The monoisotopic (exact) mass is 292 g/mol. The number of nitrogens with two attached hydrogens (primary N) is 1. The van der Waals surface area contributed by atoms with Gasteiger partial charge >= 0.3 is 0 Å². The maximum absolute atomic E-state index is 12.2. The van der Waals surface area contributed by atoms with E-state index in [0.717, 1.165) is 12.2 Å². The molecule has 21 heavy (non-hydrogen) atoms. The third kappa shape index (κ3) is 5.34. The van der Waals surface area contributed by atoms with Crippen LogP contribution in [0, 0.1) is 0 Å². The van der Waals surface area contributed by atoms with Crippen molar-refractivity contribution in [2.45, 2.75) is 46.1 Å². The highest BCUT2D eigenvalue weighted by Gasteiger charge is 2.18. The Bertz CT molecular complexity index is 492. The zero-order valence-electron chi connectivity index (χ0n) is 14.0. The highest BCUT2D eigenvalue weighted by Crippen LogP contribution is 2.22. The van der Waals surface area contributed by atoms with E-state index in [9.17, 15) is 4.79 Å². The first-order valence-electron chi connectivity index (χ1n) is 7.37. The Balaban J connectivity index is 2.73. The van der Waals surface area contributed by atoms with Crippen LogP contribution < -0.4 is 11.1 Å². The van der Waals surface area contributed by atoms with E-state index in [1.54, 1.807) is 6.07 Å². The van der Waals surface area contributed by atoms with Gasteiger partial charge in [0.15, 0.2) is 0 Å². The number of pyridine rings is 1. The summed E-state index contributed by atoms with van der Waals surface area (Å²) in [7, 11) is 2.04. The van der Waals surface area contributed by atoms with Gasteiger partial charge in [-0.1, -0.05) is 20.8 Å². The van der Waals surface area contributed by atoms with Crippen molar-refractivity contribution in [1.82, 2.24) is 15.2 Å². The molecule has 0 saturated carbocycles. The molecule has 5 heteroatoms. The van der Waals surface area contributed by atoms with Crippen molar-refractivity contribution in [2.24, 2.45) is 0 Å². The van der Waals surface area contributed by atoms with E-state index in [4.69, 9.17) is 5.73 Å². The molecule has 0 aliphatic carbocycles. The van der Waals surface area contributed by atoms with Crippen LogP contribution >= 0.6 is 0 Å². The number of hydrogen-bond donors (Lipinski definition) is 2. The van der Waals surface area contributed by atoms with E-state index >= 15 is 0 Å². The molecule has 3 N–H and O–H groups in total. The summed E-state index contributed by atoms with van der Waals surface area (Å²) >= 11 is 0. The van der Waals surface area contributed by atoms with E-state index in [-0.39, 0.29) is 11.3 Å². The molecular formula is C16H28N4O. The second-order valence-corrected chi connectivity index (χ2v) is 6.75. The van der Waals surface area contributed by atoms with Crippen LogP contribution in [0.1, 0.15) is 50.7 Å². The van der Waals surface area contributed by atoms with Crippen LogP contribution in [0.5, 0.6) is 0 Å². The zero-order chi connectivity index (χ0) is 16.2. The summed E-state index contributed by atoms with van der Waals surface area (Å²) in [6.45, 7) is 11.8. The fraction of sp³-hybridized carbons (Fsp3) is 0.625. The van der Waals surface area contributed by atoms with Gasteiger partial charge in [-0.3, -0.25) is 4.79 Å². The molecule has 0 aliphatic heterocycles. The molecule has 0 aliphatic rings. The highest BCUT2D eigenvalue weighted by atomic mass is 16.1. The van der Waals surface area contributed by atoms with Crippen molar-refractivity contribution in [3.05, 3.63) is 23.4 Å². The summed E-state index contributed by atoms with van der Waals surface area (Å²) in [4.78, 5) is 18.7. The summed E-state index contributed by atoms with van der Waals surface area (Å²) in [6.07, 6.45) is 0. The van der Waals surface area contributed by atoms with Crippen molar-refractivity contribution in [3.63, 3.8) is 0 Å². The lowest BCUT2D eigenvalue weighted by molar-refractivity contribution is 0.0948. The quantitative estimate of drug-likeness (QED) is 0.871. The van der Waals surface area contributed by atoms with Crippen molar-refractivity contribution in [3.8, 4) is 0 Å². The predicted octanol–water partition coefficient (Wildman–Crippen LogP) is 2.03. The molecule has 1 rings (SSSR count). The molecule has 0 aromatic carbocycles. The average Bonchev–Trinajstić information content (AvgIpc) is 2.36. The third-order valence-electron chi connectivity index (χ3n) is 3.51. The summed E-state index contributed by atoms with van der Waals surface area (Å²) in [5.74, 6) is 0.277. The fourth-order valence-electron chi connectivity index (χ4n) is 1.77. The highest BCUT2D eigenvalue weighted by molar-refractivity contribution is 5.94. The van der Waals surface area contributed by atoms with Crippen molar-refractivity contribution in [1.29, 1.82) is 0 Å². The number of carbonyl (C=O) groups excluding carboxylic acids is 1. The first-order valence-corrected chi connectivity index (χ1v) is 7.37. The topological polar surface area (TPSA) is 71.2 Å². The minimum absolute atomic E-state index is 0.105. The van der Waals surface area contributed by atoms with E-state index < -0.39 is 0 Å². The van der Waals surface area contributed by atoms with Gasteiger partial charge in [0.05, 0.1) is 0 Å². The first kappa shape index (κ1) is 17.4. The van der Waals surface area contributed by atoms with Gasteiger partial charge in [0.1, 0.15) is 5.82 Å². The summed E-state index contributed by atoms with van der Waals surface area (Å²) < 4.78 is 0. The van der Waals surface area contributed by atoms with Gasteiger partial charge in [-0.2, -0.15) is 0 Å². The fourth-order valence-corrected chi connectivity index (χ4v) is 1.77. The van der Waals surface area contributed by atoms with Gasteiger partial charge in [0.2, 0.25) is 0 Å². The summed E-state index contributed by atoms with van der Waals surface area (Å²) in [5.41, 5.74) is 7.07. The number of hydrogen-bond acceptors (Lipinski definition) is 4. The number of carbonyl (C=O) groups is 1. The van der Waals surface area contributed by atoms with Gasteiger partial charge in [-0.25, -0.2) is 4.98 Å². The summed E-state index contributed by atoms with van der Waals surface area (Å²) in [6, 6.07) is 3.90. The number of nitrogen functional groups attached to an aromatic ring is 1. The van der Waals surface area contributed by atoms with Crippen LogP contribution in [-0.4, -0.2) is 42.0 Å². The number of nitrogens with zero attached hydrogens (tertiary/aromatic N) is 2. The Morgan fingerprint density at radius 2 is 2.00 bits per heavy atom. The Morgan fingerprint density at radius 1 is 1.38 bits per heavy atom. The molecule has 1 aromatic rings. The standard InChI is InChI=1S/C16H28N4O/c1-11(2)20(6)8-7-18-15(21)12-9-13(16(3,4)5)19-14(17)10-12/h9-11H,7-8H2,1-6H3,(H2,17,19)(H,18,21). The second-order valence-electron chi connectivity index (χ2n) is 6.75. The van der Waals surface area contributed by atoms with Crippen LogP contribution in [0.3, 0.4) is 0 Å². The Labute approximate surface area is 127 Å². The van der Waals surface area contributed by atoms with Gasteiger partial charge in [0, 0.05) is 35.8 Å². The molecule has 1 amide bonds. The van der Waals surface area contributed by atoms with Gasteiger partial charge in [-0.05, 0) is 33.0 Å². The number of nitrogens with one attached hydrogen (secondary N) is 1. The smallest absolute Gasteiger partial charge is 0.251 e. The molecule has 0 unspecified atom stereocenters. The van der Waals surface area contributed by atoms with Crippen LogP contribution in [0.15, 0.2) is 12.1 Å². The maximum atomic E-state index is 12.2. The largest absolute Gasteiger partial charge is 0.384 e. The van der Waals surface area contributed by atoms with E-state index in [1.807, 2.05) is 33.9 Å². The molecule has 1 aromatic heterocycles. The summed E-state index contributed by atoms with van der Waals surface area (Å²) in [5, 5.41) is 2.93. The van der Waals surface area contributed by atoms with Crippen LogP contribution in [-0.2, 0) is 5.41 Å². The van der Waals surface area contributed by atoms with Crippen LogP contribution in [0.4, 0.5) is 5.82 Å². The molecule has 1 heterocycles. The SMILES string of the molecule is CC(C)N(C)CCNC(=O)c1cc(N)nc(C(C)(C)C)c1. The molecule has 0 atom stereocenters. The zero-order valence-corrected chi connectivity index (χ0v) is 14.0. The van der Waals surface area contributed by atoms with Crippen LogP contribution in [0.2, 0.25) is 0 Å². The van der Waals surface area contributed by atoms with Crippen molar-refractivity contribution >= 4 is 11.7 Å². The van der Waals surface area contributed by atoms with Crippen molar-refractivity contribution < 1.29 is 4.79 Å². The second kappa shape index (κ2) is 6.89. The van der Waals surface area contributed by atoms with Gasteiger partial charge in [-0.15, -0.1) is 0 Å². The minimum atomic E-state index is -0.137. The van der Waals surface area contributed by atoms with Crippen LogP contribution in [0.25, 0.3) is 0 Å². The molecule has 118 valence electrons. The maximum Gasteiger partial charge on any atom is 0.251 e. The molecule has 0 bridgehead atoms. The average molecular weight is 292 g/mol. The number of likely N-dealkylation sites (N-methyl/N-ethyl adjacent to an activating group) is 1. The number of aromatic nitrogens is 1. The Kier molecular flexibility index (Phi) is 5.72. The lowest BCUT2D eigenvalue weighted by Gasteiger charge is -2.21. The van der Waals surface area contributed by atoms with Crippen molar-refractivity contribution in [2.75, 3.05) is 25.9 Å². The predicted molar refractivity (Wildman–Crippen MR) is 87.4 cm³/mol. The van der Waals surface area contributed by atoms with E-state index in [1.165, 1.54) is 0 Å².